The second-order valence-electron chi connectivity index (χ2n) is 11.7. The van der Waals surface area contributed by atoms with Gasteiger partial charge in [0.15, 0.2) is 6.10 Å². The molecule has 0 saturated heterocycles. The number of benzene rings is 4. The first-order valence-electron chi connectivity index (χ1n) is 15.9. The molecule has 44 heavy (non-hydrogen) atoms. The summed E-state index contributed by atoms with van der Waals surface area (Å²) < 4.78 is 17.0. The van der Waals surface area contributed by atoms with Crippen LogP contribution in [0.5, 0.6) is 5.75 Å². The Morgan fingerprint density at radius 3 is 2.20 bits per heavy atom. The first kappa shape index (κ1) is 31.5. The van der Waals surface area contributed by atoms with Gasteiger partial charge in [-0.2, -0.15) is 0 Å². The quantitative estimate of drug-likeness (QED) is 0.153. The Bertz CT molecular complexity index is 1520. The van der Waals surface area contributed by atoms with E-state index in [4.69, 9.17) is 14.2 Å². The minimum absolute atomic E-state index is 0.165. The molecule has 0 aliphatic heterocycles. The molecule has 1 aliphatic rings. The SMILES string of the molecule is CCOC(=O)C(Cc1ccc(OCCN(C)C2c3ccc(C)cc3CCc3cc(Cc4ccccc4)ccc32)cc1)OCC. The van der Waals surface area contributed by atoms with Gasteiger partial charge in [-0.15, -0.1) is 0 Å². The van der Waals surface area contributed by atoms with E-state index < -0.39 is 6.10 Å². The van der Waals surface area contributed by atoms with Crippen molar-refractivity contribution in [3.8, 4) is 5.75 Å². The molecule has 0 heterocycles. The second kappa shape index (κ2) is 15.2. The normalized spacial score (nSPS) is 14.8. The Morgan fingerprint density at radius 2 is 1.50 bits per heavy atom. The summed E-state index contributed by atoms with van der Waals surface area (Å²) in [4.78, 5) is 14.7. The van der Waals surface area contributed by atoms with Crippen molar-refractivity contribution < 1.29 is 19.0 Å². The number of aryl methyl sites for hydroxylation is 3. The maximum atomic E-state index is 12.2. The summed E-state index contributed by atoms with van der Waals surface area (Å²) in [6.07, 6.45) is 2.92. The van der Waals surface area contributed by atoms with Gasteiger partial charge in [-0.1, -0.05) is 84.4 Å². The fraction of sp³-hybridized carbons (Fsp3) is 0.359. The summed E-state index contributed by atoms with van der Waals surface area (Å²) in [5, 5.41) is 0. The van der Waals surface area contributed by atoms with Crippen LogP contribution in [0.2, 0.25) is 0 Å². The van der Waals surface area contributed by atoms with Crippen molar-refractivity contribution in [2.24, 2.45) is 0 Å². The third-order valence-electron chi connectivity index (χ3n) is 8.43. The minimum atomic E-state index is -0.594. The van der Waals surface area contributed by atoms with Gasteiger partial charge < -0.3 is 14.2 Å². The van der Waals surface area contributed by atoms with E-state index in [2.05, 4.69) is 85.6 Å². The highest BCUT2D eigenvalue weighted by molar-refractivity contribution is 5.75. The molecular formula is C39H45NO4. The highest BCUT2D eigenvalue weighted by Gasteiger charge is 2.27. The smallest absolute Gasteiger partial charge is 0.335 e. The zero-order valence-electron chi connectivity index (χ0n) is 26.6. The maximum absolute atomic E-state index is 12.2. The van der Waals surface area contributed by atoms with Crippen molar-refractivity contribution in [3.05, 3.63) is 136 Å². The third-order valence-corrected chi connectivity index (χ3v) is 8.43. The van der Waals surface area contributed by atoms with Gasteiger partial charge in [-0.25, -0.2) is 4.79 Å². The molecule has 0 fully saturated rings. The molecule has 0 spiro atoms. The summed E-state index contributed by atoms with van der Waals surface area (Å²) in [7, 11) is 2.21. The maximum Gasteiger partial charge on any atom is 0.335 e. The Kier molecular flexibility index (Phi) is 10.9. The first-order chi connectivity index (χ1) is 21.4. The predicted molar refractivity (Wildman–Crippen MR) is 176 cm³/mol. The van der Waals surface area contributed by atoms with Crippen LogP contribution in [-0.2, 0) is 40.0 Å². The lowest BCUT2D eigenvalue weighted by molar-refractivity contribution is -0.156. The first-order valence-corrected chi connectivity index (χ1v) is 15.9. The van der Waals surface area contributed by atoms with E-state index in [1.165, 1.54) is 38.9 Å². The van der Waals surface area contributed by atoms with Gasteiger partial charge >= 0.3 is 5.97 Å². The number of fused-ring (bicyclic) bond motifs is 2. The number of nitrogens with zero attached hydrogens (tertiary/aromatic N) is 1. The monoisotopic (exact) mass is 591 g/mol. The lowest BCUT2D eigenvalue weighted by atomic mass is 9.91. The molecule has 0 aromatic heterocycles. The van der Waals surface area contributed by atoms with Gasteiger partial charge in [0.05, 0.1) is 12.6 Å². The molecule has 1 aliphatic carbocycles. The van der Waals surface area contributed by atoms with Crippen LogP contribution in [0, 0.1) is 6.92 Å². The van der Waals surface area contributed by atoms with E-state index in [1.54, 1.807) is 0 Å². The van der Waals surface area contributed by atoms with Crippen LogP contribution in [0.25, 0.3) is 0 Å². The average molecular weight is 592 g/mol. The molecule has 0 radical (unpaired) electrons. The third kappa shape index (κ3) is 7.96. The average Bonchev–Trinajstić information content (AvgIpc) is 3.18. The molecule has 5 heteroatoms. The molecular weight excluding hydrogens is 546 g/mol. The Morgan fingerprint density at radius 1 is 0.818 bits per heavy atom. The fourth-order valence-electron chi connectivity index (χ4n) is 6.23. The fourth-order valence-corrected chi connectivity index (χ4v) is 6.23. The predicted octanol–water partition coefficient (Wildman–Crippen LogP) is 7.30. The zero-order chi connectivity index (χ0) is 30.9. The van der Waals surface area contributed by atoms with Gasteiger partial charge in [0.1, 0.15) is 12.4 Å². The summed E-state index contributed by atoms with van der Waals surface area (Å²) in [6, 6.07) is 32.8. The van der Waals surface area contributed by atoms with E-state index in [1.807, 2.05) is 38.1 Å². The van der Waals surface area contributed by atoms with E-state index in [-0.39, 0.29) is 12.0 Å². The molecule has 5 rings (SSSR count). The number of esters is 1. The van der Waals surface area contributed by atoms with Crippen LogP contribution < -0.4 is 4.74 Å². The van der Waals surface area contributed by atoms with Crippen LogP contribution in [0.1, 0.15) is 64.4 Å². The van der Waals surface area contributed by atoms with Crippen molar-refractivity contribution in [2.45, 2.75) is 58.6 Å². The van der Waals surface area contributed by atoms with Crippen LogP contribution in [0.3, 0.4) is 0 Å². The number of hydrogen-bond acceptors (Lipinski definition) is 5. The van der Waals surface area contributed by atoms with Crippen molar-refractivity contribution >= 4 is 5.97 Å². The lowest BCUT2D eigenvalue weighted by Gasteiger charge is -2.30. The molecule has 230 valence electrons. The molecule has 2 atom stereocenters. The van der Waals surface area contributed by atoms with Crippen LogP contribution in [0.15, 0.2) is 91.0 Å². The summed E-state index contributed by atoms with van der Waals surface area (Å²) in [5.41, 5.74) is 10.7. The van der Waals surface area contributed by atoms with Crippen LogP contribution in [-0.4, -0.2) is 50.4 Å². The Hall–Kier alpha value is -3.93. The van der Waals surface area contributed by atoms with Crippen molar-refractivity contribution in [1.29, 1.82) is 0 Å². The van der Waals surface area contributed by atoms with E-state index in [0.29, 0.717) is 26.2 Å². The van der Waals surface area contributed by atoms with Crippen LogP contribution >= 0.6 is 0 Å². The van der Waals surface area contributed by atoms with Crippen molar-refractivity contribution in [1.82, 2.24) is 4.90 Å². The lowest BCUT2D eigenvalue weighted by Crippen LogP contribution is -2.30. The summed E-state index contributed by atoms with van der Waals surface area (Å²) >= 11 is 0. The van der Waals surface area contributed by atoms with E-state index in [9.17, 15) is 4.79 Å². The number of likely N-dealkylation sites (N-methyl/N-ethyl adjacent to an activating group) is 1. The molecule has 5 nitrogen and oxygen atoms in total. The van der Waals surface area contributed by atoms with Gasteiger partial charge in [-0.3, -0.25) is 4.90 Å². The molecule has 0 bridgehead atoms. The van der Waals surface area contributed by atoms with Crippen molar-refractivity contribution in [3.63, 3.8) is 0 Å². The Balaban J connectivity index is 1.27. The van der Waals surface area contributed by atoms with Crippen molar-refractivity contribution in [2.75, 3.05) is 33.4 Å². The topological polar surface area (TPSA) is 48.0 Å². The number of ether oxygens (including phenoxy) is 3. The second-order valence-corrected chi connectivity index (χ2v) is 11.7. The van der Waals surface area contributed by atoms with E-state index in [0.717, 1.165) is 37.1 Å². The minimum Gasteiger partial charge on any atom is -0.492 e. The largest absolute Gasteiger partial charge is 0.492 e. The van der Waals surface area contributed by atoms with Gasteiger partial charge in [0, 0.05) is 19.6 Å². The molecule has 2 unspecified atom stereocenters. The molecule has 4 aromatic carbocycles. The van der Waals surface area contributed by atoms with E-state index >= 15 is 0 Å². The molecule has 0 saturated carbocycles. The molecule has 0 N–H and O–H groups in total. The number of rotatable bonds is 13. The summed E-state index contributed by atoms with van der Waals surface area (Å²) in [5.74, 6) is 0.496. The van der Waals surface area contributed by atoms with Gasteiger partial charge in [0.25, 0.3) is 0 Å². The molecule has 4 aromatic rings. The summed E-state index contributed by atoms with van der Waals surface area (Å²) in [6.45, 7) is 8.03. The van der Waals surface area contributed by atoms with Crippen LogP contribution in [0.4, 0.5) is 0 Å². The Labute approximate surface area is 262 Å². The standard InChI is InChI=1S/C39H45NO4/c1-5-42-37(39(41)43-6-2)27-30-13-18-34(19-14-30)44-23-22-40(4)38-35-20-12-28(3)24-32(35)16-17-33-26-31(15-21-36(33)38)25-29-10-8-7-9-11-29/h7-15,18-21,24,26,37-38H,5-6,16-17,22-23,25,27H2,1-4H3. The molecule has 0 amide bonds. The van der Waals surface area contributed by atoms with Gasteiger partial charge in [-0.05, 0) is 98.2 Å². The van der Waals surface area contributed by atoms with Gasteiger partial charge in [0.2, 0.25) is 0 Å². The number of carbonyl (C=O) groups is 1. The highest BCUT2D eigenvalue weighted by Crippen LogP contribution is 2.37. The highest BCUT2D eigenvalue weighted by atomic mass is 16.6. The number of carbonyl (C=O) groups excluding carboxylic acids is 1. The number of hydrogen-bond donors (Lipinski definition) is 0. The zero-order valence-corrected chi connectivity index (χ0v) is 26.6.